The van der Waals surface area contributed by atoms with Gasteiger partial charge in [0, 0.05) is 25.3 Å². The molecular weight excluding hydrogens is 206 g/mol. The number of H-pyrrole nitrogens is 1. The number of nitrogens with zero attached hydrogens (tertiary/aromatic N) is 1. The lowest BCUT2D eigenvalue weighted by atomic mass is 10.3. The van der Waals surface area contributed by atoms with Gasteiger partial charge in [-0.05, 0) is 6.92 Å². The maximum Gasteiger partial charge on any atom is 0.251 e. The van der Waals surface area contributed by atoms with Crippen LogP contribution in [0.25, 0.3) is 0 Å². The summed E-state index contributed by atoms with van der Waals surface area (Å²) < 4.78 is 5.20. The van der Waals surface area contributed by atoms with Crippen LogP contribution in [0.1, 0.15) is 32.3 Å². The second-order valence-electron chi connectivity index (χ2n) is 3.86. The molecule has 2 N–H and O–H groups in total. The van der Waals surface area contributed by atoms with E-state index in [1.54, 1.807) is 0 Å². The molecular formula is C11H19N3O2. The molecule has 0 aliphatic carbocycles. The Labute approximate surface area is 95.3 Å². The van der Waals surface area contributed by atoms with E-state index in [9.17, 15) is 4.79 Å². The molecule has 0 aliphatic heterocycles. The molecule has 1 rings (SSSR count). The highest BCUT2D eigenvalue weighted by molar-refractivity contribution is 5.02. The van der Waals surface area contributed by atoms with Crippen LogP contribution in [-0.2, 0) is 17.9 Å². The molecule has 16 heavy (non-hydrogen) atoms. The zero-order valence-electron chi connectivity index (χ0n) is 10.0. The predicted octanol–water partition coefficient (Wildman–Crippen LogP) is 0.804. The summed E-state index contributed by atoms with van der Waals surface area (Å²) >= 11 is 0. The van der Waals surface area contributed by atoms with E-state index in [0.29, 0.717) is 31.6 Å². The van der Waals surface area contributed by atoms with Gasteiger partial charge in [-0.1, -0.05) is 13.8 Å². The molecule has 90 valence electrons. The highest BCUT2D eigenvalue weighted by Gasteiger charge is 2.02. The fourth-order valence-corrected chi connectivity index (χ4v) is 1.23. The summed E-state index contributed by atoms with van der Waals surface area (Å²) in [4.78, 5) is 18.3. The predicted molar refractivity (Wildman–Crippen MR) is 62.2 cm³/mol. The van der Waals surface area contributed by atoms with Gasteiger partial charge in [0.1, 0.15) is 12.4 Å². The second-order valence-corrected chi connectivity index (χ2v) is 3.86. The molecule has 0 saturated carbocycles. The van der Waals surface area contributed by atoms with Gasteiger partial charge in [-0.3, -0.25) is 4.79 Å². The van der Waals surface area contributed by atoms with Gasteiger partial charge in [0.25, 0.3) is 5.56 Å². The smallest absolute Gasteiger partial charge is 0.251 e. The van der Waals surface area contributed by atoms with Gasteiger partial charge in [-0.15, -0.1) is 0 Å². The Morgan fingerprint density at radius 3 is 2.94 bits per heavy atom. The average Bonchev–Trinajstić information content (AvgIpc) is 2.23. The molecule has 1 aromatic heterocycles. The third kappa shape index (κ3) is 4.55. The normalized spacial score (nSPS) is 11.0. The van der Waals surface area contributed by atoms with Crippen LogP contribution in [0.4, 0.5) is 0 Å². The number of aromatic nitrogens is 2. The minimum absolute atomic E-state index is 0.134. The summed E-state index contributed by atoms with van der Waals surface area (Å²) in [5.41, 5.74) is 0.609. The van der Waals surface area contributed by atoms with Crippen molar-refractivity contribution in [3.8, 4) is 0 Å². The summed E-state index contributed by atoms with van der Waals surface area (Å²) in [5.74, 6) is 0.579. The van der Waals surface area contributed by atoms with Crippen molar-refractivity contribution in [3.63, 3.8) is 0 Å². The van der Waals surface area contributed by atoms with Crippen LogP contribution < -0.4 is 10.9 Å². The van der Waals surface area contributed by atoms with Gasteiger partial charge in [0.15, 0.2) is 0 Å². The molecule has 0 fully saturated rings. The molecule has 0 radical (unpaired) electrons. The van der Waals surface area contributed by atoms with Crippen molar-refractivity contribution in [2.24, 2.45) is 0 Å². The van der Waals surface area contributed by atoms with Crippen LogP contribution >= 0.6 is 0 Å². The van der Waals surface area contributed by atoms with E-state index in [1.165, 1.54) is 6.07 Å². The van der Waals surface area contributed by atoms with Crippen LogP contribution in [0.2, 0.25) is 0 Å². The van der Waals surface area contributed by atoms with Crippen molar-refractivity contribution in [2.75, 3.05) is 6.61 Å². The largest absolute Gasteiger partial charge is 0.374 e. The molecule has 0 unspecified atom stereocenters. The molecule has 1 aromatic rings. The summed E-state index contributed by atoms with van der Waals surface area (Å²) in [7, 11) is 0. The Balaban J connectivity index is 2.69. The summed E-state index contributed by atoms with van der Waals surface area (Å²) in [6, 6.07) is 1.88. The van der Waals surface area contributed by atoms with Crippen LogP contribution in [0.3, 0.4) is 0 Å². The van der Waals surface area contributed by atoms with Crippen molar-refractivity contribution in [3.05, 3.63) is 27.9 Å². The first kappa shape index (κ1) is 12.9. The molecule has 0 bridgehead atoms. The van der Waals surface area contributed by atoms with E-state index in [0.717, 1.165) is 5.69 Å². The number of rotatable bonds is 6. The Kier molecular flexibility index (Phi) is 5.14. The third-order valence-electron chi connectivity index (χ3n) is 1.98. The van der Waals surface area contributed by atoms with Crippen molar-refractivity contribution >= 4 is 0 Å². The Morgan fingerprint density at radius 1 is 1.56 bits per heavy atom. The second kappa shape index (κ2) is 6.40. The fourth-order valence-electron chi connectivity index (χ4n) is 1.23. The number of hydrogen-bond acceptors (Lipinski definition) is 4. The maximum absolute atomic E-state index is 11.3. The summed E-state index contributed by atoms with van der Waals surface area (Å²) in [6.07, 6.45) is 0. The van der Waals surface area contributed by atoms with Crippen LogP contribution in [0, 0.1) is 0 Å². The quantitative estimate of drug-likeness (QED) is 0.751. The monoisotopic (exact) mass is 225 g/mol. The number of aromatic amines is 1. The summed E-state index contributed by atoms with van der Waals surface area (Å²) in [5, 5.41) is 3.22. The average molecular weight is 225 g/mol. The molecule has 0 spiro atoms. The van der Waals surface area contributed by atoms with E-state index in [4.69, 9.17) is 4.74 Å². The van der Waals surface area contributed by atoms with Gasteiger partial charge in [-0.2, -0.15) is 0 Å². The molecule has 0 saturated heterocycles. The van der Waals surface area contributed by atoms with Crippen LogP contribution in [0.5, 0.6) is 0 Å². The Bertz CT molecular complexity index is 374. The van der Waals surface area contributed by atoms with Crippen molar-refractivity contribution in [1.82, 2.24) is 15.3 Å². The number of nitrogens with one attached hydrogen (secondary N) is 2. The highest BCUT2D eigenvalue weighted by atomic mass is 16.5. The van der Waals surface area contributed by atoms with Gasteiger partial charge < -0.3 is 15.0 Å². The zero-order valence-corrected chi connectivity index (χ0v) is 10.0. The zero-order chi connectivity index (χ0) is 12.0. The molecule has 0 aliphatic rings. The minimum atomic E-state index is -0.134. The number of hydrogen-bond donors (Lipinski definition) is 2. The van der Waals surface area contributed by atoms with E-state index in [2.05, 4.69) is 15.3 Å². The van der Waals surface area contributed by atoms with Crippen molar-refractivity contribution in [2.45, 2.75) is 40.0 Å². The van der Waals surface area contributed by atoms with Gasteiger partial charge in [0.2, 0.25) is 0 Å². The fraction of sp³-hybridized carbons (Fsp3) is 0.636. The highest BCUT2D eigenvalue weighted by Crippen LogP contribution is 1.95. The lowest BCUT2D eigenvalue weighted by Crippen LogP contribution is -2.24. The van der Waals surface area contributed by atoms with E-state index < -0.39 is 0 Å². The SMILES string of the molecule is CCOCc1nc(CNC(C)C)cc(=O)[nH]1. The first-order valence-electron chi connectivity index (χ1n) is 5.52. The minimum Gasteiger partial charge on any atom is -0.374 e. The molecule has 1 heterocycles. The Hall–Kier alpha value is -1.20. The molecule has 5 heteroatoms. The van der Waals surface area contributed by atoms with Gasteiger partial charge >= 0.3 is 0 Å². The van der Waals surface area contributed by atoms with Crippen LogP contribution in [-0.4, -0.2) is 22.6 Å². The molecule has 0 atom stereocenters. The van der Waals surface area contributed by atoms with E-state index in [1.807, 2.05) is 20.8 Å². The molecule has 0 amide bonds. The maximum atomic E-state index is 11.3. The lowest BCUT2D eigenvalue weighted by molar-refractivity contribution is 0.128. The lowest BCUT2D eigenvalue weighted by Gasteiger charge is -2.08. The van der Waals surface area contributed by atoms with E-state index >= 15 is 0 Å². The summed E-state index contributed by atoms with van der Waals surface area (Å²) in [6.45, 7) is 7.56. The molecule has 5 nitrogen and oxygen atoms in total. The van der Waals surface area contributed by atoms with Gasteiger partial charge in [0.05, 0.1) is 5.69 Å². The third-order valence-corrected chi connectivity index (χ3v) is 1.98. The Morgan fingerprint density at radius 2 is 2.31 bits per heavy atom. The topological polar surface area (TPSA) is 67.0 Å². The molecule has 0 aromatic carbocycles. The van der Waals surface area contributed by atoms with E-state index in [-0.39, 0.29) is 5.56 Å². The van der Waals surface area contributed by atoms with Crippen molar-refractivity contribution in [1.29, 1.82) is 0 Å². The number of ether oxygens (including phenoxy) is 1. The van der Waals surface area contributed by atoms with Crippen LogP contribution in [0.15, 0.2) is 10.9 Å². The standard InChI is InChI=1S/C11H19N3O2/c1-4-16-7-10-13-9(5-11(15)14-10)6-12-8(2)3/h5,8,12H,4,6-7H2,1-3H3,(H,13,14,15). The first-order valence-corrected chi connectivity index (χ1v) is 5.52. The van der Waals surface area contributed by atoms with Gasteiger partial charge in [-0.25, -0.2) is 4.98 Å². The first-order chi connectivity index (χ1) is 7.61. The van der Waals surface area contributed by atoms with Crippen molar-refractivity contribution < 1.29 is 4.74 Å².